The summed E-state index contributed by atoms with van der Waals surface area (Å²) in [5, 5.41) is 16.7. The predicted molar refractivity (Wildman–Crippen MR) is 129 cm³/mol. The number of anilines is 1. The van der Waals surface area contributed by atoms with Gasteiger partial charge in [0.1, 0.15) is 11.9 Å². The molecule has 0 bridgehead atoms. The number of nitrogens with zero attached hydrogens (tertiary/aromatic N) is 2. The van der Waals surface area contributed by atoms with Crippen LogP contribution in [0.2, 0.25) is 10.0 Å². The summed E-state index contributed by atoms with van der Waals surface area (Å²) in [6.07, 6.45) is 10.0. The van der Waals surface area contributed by atoms with E-state index in [9.17, 15) is 9.90 Å². The summed E-state index contributed by atoms with van der Waals surface area (Å²) in [5.74, 6) is 0.784. The van der Waals surface area contributed by atoms with E-state index in [0.29, 0.717) is 34.6 Å². The Labute approximate surface area is 204 Å². The number of aryl methyl sites for hydroxylation is 2. The first-order valence-corrected chi connectivity index (χ1v) is 12.3. The van der Waals surface area contributed by atoms with Crippen molar-refractivity contribution >= 4 is 35.0 Å². The summed E-state index contributed by atoms with van der Waals surface area (Å²) >= 11 is 12.2. The number of carbonyl (C=O) groups is 1. The lowest BCUT2D eigenvalue weighted by molar-refractivity contribution is -0.140. The quantitative estimate of drug-likeness (QED) is 0.424. The Morgan fingerprint density at radius 2 is 2.06 bits per heavy atom. The first kappa shape index (κ1) is 24.2. The van der Waals surface area contributed by atoms with Crippen molar-refractivity contribution < 1.29 is 14.6 Å². The lowest BCUT2D eigenvalue weighted by atomic mass is 9.79. The number of hydrogen-bond donors (Lipinski definition) is 3. The molecule has 0 amide bonds. The van der Waals surface area contributed by atoms with E-state index in [1.165, 1.54) is 24.4 Å². The molecule has 1 aliphatic heterocycles. The van der Waals surface area contributed by atoms with Gasteiger partial charge in [0.15, 0.2) is 0 Å². The molecule has 4 rings (SSSR count). The van der Waals surface area contributed by atoms with E-state index in [2.05, 4.69) is 27.8 Å². The van der Waals surface area contributed by atoms with Gasteiger partial charge in [-0.25, -0.2) is 4.98 Å². The van der Waals surface area contributed by atoms with Gasteiger partial charge in [-0.15, -0.1) is 0 Å². The fourth-order valence-electron chi connectivity index (χ4n) is 4.40. The molecule has 1 atom stereocenters. The number of hydrogen-bond acceptors (Lipinski definition) is 6. The molecule has 0 saturated heterocycles. The van der Waals surface area contributed by atoms with Crippen molar-refractivity contribution in [3.8, 4) is 0 Å². The Bertz CT molecular complexity index is 948. The van der Waals surface area contributed by atoms with Crippen LogP contribution >= 0.6 is 23.2 Å². The molecule has 0 aromatic carbocycles. The Balaban J connectivity index is 1.14. The number of aromatic nitrogens is 2. The number of halogens is 2. The van der Waals surface area contributed by atoms with Crippen LogP contribution in [0.1, 0.15) is 48.9 Å². The molecule has 0 spiro atoms. The largest absolute Gasteiger partial charge is 0.480 e. The second-order valence-electron chi connectivity index (χ2n) is 8.85. The third kappa shape index (κ3) is 6.57. The Hall–Kier alpha value is -1.93. The second-order valence-corrected chi connectivity index (χ2v) is 9.67. The molecule has 9 heteroatoms. The minimum absolute atomic E-state index is 0.215. The Morgan fingerprint density at radius 1 is 1.27 bits per heavy atom. The molecule has 178 valence electrons. The predicted octanol–water partition coefficient (Wildman–Crippen LogP) is 4.50. The Morgan fingerprint density at radius 3 is 2.82 bits per heavy atom. The monoisotopic (exact) mass is 492 g/mol. The molecular formula is C24H30Cl2N4O3. The maximum absolute atomic E-state index is 11.6. The topological polar surface area (TPSA) is 96.4 Å². The highest BCUT2D eigenvalue weighted by Gasteiger charge is 2.30. The number of carboxylic acid groups (broad SMARTS) is 1. The normalized spacial score (nSPS) is 20.4. The molecule has 33 heavy (non-hydrogen) atoms. The highest BCUT2D eigenvalue weighted by Crippen LogP contribution is 2.34. The van der Waals surface area contributed by atoms with Crippen molar-refractivity contribution in [3.63, 3.8) is 0 Å². The summed E-state index contributed by atoms with van der Waals surface area (Å²) < 4.78 is 5.92. The molecule has 3 N–H and O–H groups in total. The van der Waals surface area contributed by atoms with Crippen molar-refractivity contribution in [1.82, 2.24) is 15.3 Å². The van der Waals surface area contributed by atoms with Crippen LogP contribution in [0, 0.1) is 5.92 Å². The van der Waals surface area contributed by atoms with E-state index in [-0.39, 0.29) is 12.6 Å². The van der Waals surface area contributed by atoms with Gasteiger partial charge in [0, 0.05) is 43.3 Å². The molecular weight excluding hydrogens is 463 g/mol. The maximum atomic E-state index is 11.6. The lowest BCUT2D eigenvalue weighted by Gasteiger charge is -2.35. The molecule has 3 heterocycles. The van der Waals surface area contributed by atoms with Crippen molar-refractivity contribution in [1.29, 1.82) is 0 Å². The fraction of sp³-hybridized carbons (Fsp3) is 0.542. The fourth-order valence-corrected chi connectivity index (χ4v) is 4.90. The highest BCUT2D eigenvalue weighted by molar-refractivity contribution is 6.35. The first-order chi connectivity index (χ1) is 16.0. The van der Waals surface area contributed by atoms with Gasteiger partial charge in [-0.05, 0) is 62.5 Å². The van der Waals surface area contributed by atoms with Gasteiger partial charge in [-0.3, -0.25) is 9.78 Å². The zero-order valence-electron chi connectivity index (χ0n) is 18.5. The molecule has 2 aromatic heterocycles. The first-order valence-electron chi connectivity index (χ1n) is 11.6. The van der Waals surface area contributed by atoms with Gasteiger partial charge >= 0.3 is 5.97 Å². The lowest BCUT2D eigenvalue weighted by Crippen LogP contribution is -2.38. The summed E-state index contributed by atoms with van der Waals surface area (Å²) in [6.45, 7) is 1.67. The smallest absolute Gasteiger partial charge is 0.320 e. The zero-order chi connectivity index (χ0) is 23.2. The molecule has 7 nitrogen and oxygen atoms in total. The van der Waals surface area contributed by atoms with Crippen LogP contribution < -0.4 is 10.6 Å². The number of nitrogens with one attached hydrogen (secondary N) is 2. The summed E-state index contributed by atoms with van der Waals surface area (Å²) in [5.41, 5.74) is 3.12. The molecule has 1 aliphatic carbocycles. The van der Waals surface area contributed by atoms with Gasteiger partial charge in [-0.2, -0.15) is 0 Å². The van der Waals surface area contributed by atoms with Crippen LogP contribution in [0.15, 0.2) is 24.5 Å². The van der Waals surface area contributed by atoms with Crippen LogP contribution in [-0.2, 0) is 28.9 Å². The van der Waals surface area contributed by atoms with E-state index < -0.39 is 12.0 Å². The number of rotatable bonds is 11. The minimum Gasteiger partial charge on any atom is -0.480 e. The van der Waals surface area contributed by atoms with Crippen LogP contribution in [-0.4, -0.2) is 46.3 Å². The minimum atomic E-state index is -0.918. The summed E-state index contributed by atoms with van der Waals surface area (Å²) in [6, 6.07) is 3.63. The molecule has 2 aliphatic rings. The van der Waals surface area contributed by atoms with Crippen molar-refractivity contribution in [2.75, 3.05) is 18.5 Å². The van der Waals surface area contributed by atoms with Crippen LogP contribution in [0.3, 0.4) is 0 Å². The summed E-state index contributed by atoms with van der Waals surface area (Å²) in [4.78, 5) is 20.3. The average Bonchev–Trinajstić information content (AvgIpc) is 2.77. The molecule has 2 aromatic rings. The van der Waals surface area contributed by atoms with Gasteiger partial charge in [0.2, 0.25) is 0 Å². The van der Waals surface area contributed by atoms with Crippen molar-refractivity contribution in [2.45, 2.75) is 63.6 Å². The standard InChI is InChI=1S/C24H30Cl2N4O3/c25-20-13-27-14-21(26)19(20)12-29-22(24(31)32)7-9-33-18-10-15(11-18)3-5-17-6-4-16-2-1-8-28-23(16)30-17/h4,6,13-15,18,22,29H,1-3,5,7-12H2,(H,28,30)(H,31,32)/t15?,18?,22-/m0/s1. The maximum Gasteiger partial charge on any atom is 0.320 e. The zero-order valence-corrected chi connectivity index (χ0v) is 20.0. The van der Waals surface area contributed by atoms with E-state index >= 15 is 0 Å². The van der Waals surface area contributed by atoms with E-state index in [1.54, 1.807) is 0 Å². The molecule has 1 fully saturated rings. The third-order valence-electron chi connectivity index (χ3n) is 6.49. The van der Waals surface area contributed by atoms with Gasteiger partial charge in [0.05, 0.1) is 16.1 Å². The van der Waals surface area contributed by atoms with Gasteiger partial charge in [-0.1, -0.05) is 29.3 Å². The highest BCUT2D eigenvalue weighted by atomic mass is 35.5. The van der Waals surface area contributed by atoms with E-state index in [4.69, 9.17) is 32.9 Å². The van der Waals surface area contributed by atoms with Crippen molar-refractivity contribution in [2.24, 2.45) is 5.92 Å². The third-order valence-corrected chi connectivity index (χ3v) is 7.14. The number of fused-ring (bicyclic) bond motifs is 1. The van der Waals surface area contributed by atoms with E-state index in [0.717, 1.165) is 50.2 Å². The average molecular weight is 493 g/mol. The van der Waals surface area contributed by atoms with Crippen LogP contribution in [0.4, 0.5) is 5.82 Å². The SMILES string of the molecule is O=C(O)[C@H](CCOC1CC(CCc2ccc3c(n2)NCCC3)C1)NCc1c(Cl)cncc1Cl. The number of pyridine rings is 2. The number of carboxylic acids is 1. The summed E-state index contributed by atoms with van der Waals surface area (Å²) in [7, 11) is 0. The van der Waals surface area contributed by atoms with Gasteiger partial charge in [0.25, 0.3) is 0 Å². The number of aliphatic carboxylic acids is 1. The second kappa shape index (κ2) is 11.5. The Kier molecular flexibility index (Phi) is 8.41. The number of ether oxygens (including phenoxy) is 1. The van der Waals surface area contributed by atoms with Crippen LogP contribution in [0.5, 0.6) is 0 Å². The molecule has 1 saturated carbocycles. The van der Waals surface area contributed by atoms with Crippen LogP contribution in [0.25, 0.3) is 0 Å². The van der Waals surface area contributed by atoms with Gasteiger partial charge < -0.3 is 20.5 Å². The molecule has 0 unspecified atom stereocenters. The molecule has 0 radical (unpaired) electrons. The van der Waals surface area contributed by atoms with Crippen molar-refractivity contribution in [3.05, 3.63) is 51.4 Å². The van der Waals surface area contributed by atoms with E-state index in [1.807, 2.05) is 0 Å².